The van der Waals surface area contributed by atoms with Crippen LogP contribution in [0.5, 0.6) is 0 Å². The Morgan fingerprint density at radius 2 is 1.64 bits per heavy atom. The number of hydrogen-bond acceptors (Lipinski definition) is 5. The number of sulfonamides is 1. The first kappa shape index (κ1) is 18.7. The van der Waals surface area contributed by atoms with Crippen LogP contribution in [0.15, 0.2) is 30.3 Å². The monoisotopic (exact) mass is 364 g/mol. The number of nitrogens with zero attached hydrogens (tertiary/aromatic N) is 4. The van der Waals surface area contributed by atoms with Crippen molar-refractivity contribution in [3.8, 4) is 0 Å². The minimum atomic E-state index is -3.86. The number of rotatable bonds is 4. The summed E-state index contributed by atoms with van der Waals surface area (Å²) >= 11 is 0. The van der Waals surface area contributed by atoms with Crippen LogP contribution in [-0.4, -0.2) is 43.3 Å². The van der Waals surface area contributed by atoms with Crippen LogP contribution in [0.2, 0.25) is 0 Å². The highest BCUT2D eigenvalue weighted by Gasteiger charge is 2.28. The Labute approximate surface area is 146 Å². The van der Waals surface area contributed by atoms with Gasteiger partial charge in [0.1, 0.15) is 0 Å². The van der Waals surface area contributed by atoms with Crippen molar-refractivity contribution in [2.75, 3.05) is 22.5 Å². The van der Waals surface area contributed by atoms with Gasteiger partial charge in [-0.15, -0.1) is 0 Å². The van der Waals surface area contributed by atoms with Gasteiger partial charge in [-0.3, -0.25) is 14.3 Å². The molecule has 0 bridgehead atoms. The van der Waals surface area contributed by atoms with Crippen LogP contribution in [0.4, 0.5) is 11.4 Å². The smallest absolute Gasteiger partial charge is 0.292 e. The van der Waals surface area contributed by atoms with Gasteiger partial charge >= 0.3 is 0 Å². The number of carbonyl (C=O) groups is 2. The van der Waals surface area contributed by atoms with Gasteiger partial charge in [-0.1, -0.05) is 0 Å². The molecular formula is C16H20N4O4S. The zero-order valence-electron chi connectivity index (χ0n) is 14.7. The Morgan fingerprint density at radius 3 is 2.04 bits per heavy atom. The summed E-state index contributed by atoms with van der Waals surface area (Å²) in [5.74, 6) is -0.897. The van der Waals surface area contributed by atoms with E-state index in [1.54, 1.807) is 33.2 Å². The molecule has 2 aromatic rings. The largest absolute Gasteiger partial charge is 0.316 e. The van der Waals surface area contributed by atoms with Gasteiger partial charge in [-0.05, 0) is 37.3 Å². The van der Waals surface area contributed by atoms with E-state index >= 15 is 0 Å². The molecule has 0 saturated carbocycles. The number of amides is 2. The molecule has 0 aliphatic carbocycles. The first-order valence-corrected chi connectivity index (χ1v) is 9.27. The van der Waals surface area contributed by atoms with E-state index in [4.69, 9.17) is 0 Å². The van der Waals surface area contributed by atoms with Crippen LogP contribution in [0.1, 0.15) is 23.1 Å². The molecule has 2 rings (SSSR count). The zero-order chi connectivity index (χ0) is 18.9. The standard InChI is InChI=1S/C16H20N4O4S/c1-11-10-15(17-19(11)4)16(22)20(25(5,23)24)14-8-6-13(7-9-14)18(3)12(2)21/h6-10H,1-5H3. The molecule has 0 N–H and O–H groups in total. The molecule has 0 atom stereocenters. The highest BCUT2D eigenvalue weighted by Crippen LogP contribution is 2.24. The number of aromatic nitrogens is 2. The van der Waals surface area contributed by atoms with Crippen molar-refractivity contribution in [3.05, 3.63) is 41.7 Å². The van der Waals surface area contributed by atoms with Gasteiger partial charge in [0, 0.05) is 32.4 Å². The molecule has 0 spiro atoms. The average Bonchev–Trinajstić information content (AvgIpc) is 2.85. The molecule has 25 heavy (non-hydrogen) atoms. The molecule has 1 heterocycles. The first-order valence-electron chi connectivity index (χ1n) is 7.42. The van der Waals surface area contributed by atoms with Gasteiger partial charge in [0.15, 0.2) is 5.69 Å². The average molecular weight is 364 g/mol. The van der Waals surface area contributed by atoms with Crippen LogP contribution in [-0.2, 0) is 21.9 Å². The minimum absolute atomic E-state index is 0.0374. The Morgan fingerprint density at radius 1 is 1.12 bits per heavy atom. The van der Waals surface area contributed by atoms with Crippen LogP contribution >= 0.6 is 0 Å². The molecule has 2 amide bonds. The maximum absolute atomic E-state index is 12.7. The minimum Gasteiger partial charge on any atom is -0.316 e. The van der Waals surface area contributed by atoms with Crippen molar-refractivity contribution < 1.29 is 18.0 Å². The van der Waals surface area contributed by atoms with Gasteiger partial charge in [-0.2, -0.15) is 5.10 Å². The molecule has 9 heteroatoms. The second kappa shape index (κ2) is 6.67. The number of hydrogen-bond donors (Lipinski definition) is 0. The van der Waals surface area contributed by atoms with Crippen LogP contribution in [0.25, 0.3) is 0 Å². The number of aryl methyl sites for hydroxylation is 2. The second-order valence-corrected chi connectivity index (χ2v) is 7.55. The third-order valence-corrected chi connectivity index (χ3v) is 4.83. The number of carbonyl (C=O) groups excluding carboxylic acids is 2. The quantitative estimate of drug-likeness (QED) is 0.816. The Hall–Kier alpha value is -2.68. The van der Waals surface area contributed by atoms with E-state index in [-0.39, 0.29) is 17.3 Å². The maximum Gasteiger partial charge on any atom is 0.292 e. The summed E-state index contributed by atoms with van der Waals surface area (Å²) in [6, 6.07) is 7.63. The van der Waals surface area contributed by atoms with Crippen LogP contribution < -0.4 is 9.21 Å². The lowest BCUT2D eigenvalue weighted by Gasteiger charge is -2.21. The second-order valence-electron chi connectivity index (χ2n) is 5.72. The topological polar surface area (TPSA) is 92.6 Å². The highest BCUT2D eigenvalue weighted by atomic mass is 32.2. The third-order valence-electron chi connectivity index (χ3n) is 3.79. The number of anilines is 2. The predicted octanol–water partition coefficient (Wildman–Crippen LogP) is 1.32. The van der Waals surface area contributed by atoms with Crippen LogP contribution in [0.3, 0.4) is 0 Å². The fourth-order valence-corrected chi connectivity index (χ4v) is 3.12. The van der Waals surface area contributed by atoms with Crippen molar-refractivity contribution in [1.29, 1.82) is 0 Å². The fourth-order valence-electron chi connectivity index (χ4n) is 2.22. The first-order chi connectivity index (χ1) is 11.5. The molecule has 0 aliphatic rings. The Balaban J connectivity index is 2.45. The van der Waals surface area contributed by atoms with E-state index < -0.39 is 15.9 Å². The van der Waals surface area contributed by atoms with E-state index in [9.17, 15) is 18.0 Å². The SMILES string of the molecule is CC(=O)N(C)c1ccc(N(C(=O)c2cc(C)n(C)n2)S(C)(=O)=O)cc1. The molecular weight excluding hydrogens is 344 g/mol. The van der Waals surface area contributed by atoms with E-state index in [0.29, 0.717) is 9.99 Å². The lowest BCUT2D eigenvalue weighted by atomic mass is 10.2. The maximum atomic E-state index is 12.7. The van der Waals surface area contributed by atoms with E-state index in [0.717, 1.165) is 11.9 Å². The lowest BCUT2D eigenvalue weighted by molar-refractivity contribution is -0.116. The summed E-state index contributed by atoms with van der Waals surface area (Å²) in [7, 11) is -0.590. The lowest BCUT2D eigenvalue weighted by Crippen LogP contribution is -2.36. The van der Waals surface area contributed by atoms with Crippen molar-refractivity contribution >= 4 is 33.2 Å². The highest BCUT2D eigenvalue weighted by molar-refractivity contribution is 7.92. The predicted molar refractivity (Wildman–Crippen MR) is 95.1 cm³/mol. The molecule has 0 radical (unpaired) electrons. The van der Waals surface area contributed by atoms with Crippen molar-refractivity contribution in [1.82, 2.24) is 9.78 Å². The van der Waals surface area contributed by atoms with Crippen molar-refractivity contribution in [2.45, 2.75) is 13.8 Å². The molecule has 0 unspecified atom stereocenters. The van der Waals surface area contributed by atoms with Crippen molar-refractivity contribution in [3.63, 3.8) is 0 Å². The van der Waals surface area contributed by atoms with E-state index in [1.165, 1.54) is 34.7 Å². The van der Waals surface area contributed by atoms with Crippen molar-refractivity contribution in [2.24, 2.45) is 7.05 Å². The fraction of sp³-hybridized carbons (Fsp3) is 0.312. The molecule has 1 aromatic carbocycles. The summed E-state index contributed by atoms with van der Waals surface area (Å²) in [5, 5.41) is 4.05. The normalized spacial score (nSPS) is 11.2. The Kier molecular flexibility index (Phi) is 4.98. The van der Waals surface area contributed by atoms with Gasteiger partial charge < -0.3 is 4.90 Å². The summed E-state index contributed by atoms with van der Waals surface area (Å²) in [6.07, 6.45) is 0.955. The van der Waals surface area contributed by atoms with E-state index in [1.807, 2.05) is 0 Å². The number of benzene rings is 1. The van der Waals surface area contributed by atoms with Gasteiger partial charge in [-0.25, -0.2) is 12.7 Å². The third kappa shape index (κ3) is 3.87. The van der Waals surface area contributed by atoms with Gasteiger partial charge in [0.2, 0.25) is 15.9 Å². The molecule has 134 valence electrons. The molecule has 0 fully saturated rings. The summed E-state index contributed by atoms with van der Waals surface area (Å²) in [6.45, 7) is 3.19. The molecule has 0 saturated heterocycles. The van der Waals surface area contributed by atoms with Gasteiger partial charge in [0.05, 0.1) is 11.9 Å². The summed E-state index contributed by atoms with van der Waals surface area (Å²) in [4.78, 5) is 25.5. The summed E-state index contributed by atoms with van der Waals surface area (Å²) in [5.41, 5.74) is 1.54. The molecule has 1 aromatic heterocycles. The molecule has 0 aliphatic heterocycles. The summed E-state index contributed by atoms with van der Waals surface area (Å²) < 4.78 is 26.5. The van der Waals surface area contributed by atoms with E-state index in [2.05, 4.69) is 5.10 Å². The Bertz CT molecular complexity index is 897. The van der Waals surface area contributed by atoms with Gasteiger partial charge in [0.25, 0.3) is 5.91 Å². The zero-order valence-corrected chi connectivity index (χ0v) is 15.5. The van der Waals surface area contributed by atoms with Crippen LogP contribution in [0, 0.1) is 6.92 Å². The molecule has 8 nitrogen and oxygen atoms in total.